The lowest BCUT2D eigenvalue weighted by molar-refractivity contribution is -0.153. The average Bonchev–Trinajstić information content (AvgIpc) is 1.93. The number of rotatable bonds is 4. The van der Waals surface area contributed by atoms with E-state index in [0.717, 1.165) is 12.3 Å². The van der Waals surface area contributed by atoms with Crippen molar-refractivity contribution in [2.45, 2.75) is 38.7 Å². The van der Waals surface area contributed by atoms with E-state index in [2.05, 4.69) is 0 Å². The first kappa shape index (κ1) is 9.52. The van der Waals surface area contributed by atoms with Gasteiger partial charge in [0.05, 0.1) is 6.61 Å². The van der Waals surface area contributed by atoms with Gasteiger partial charge in [-0.05, 0) is 19.3 Å². The van der Waals surface area contributed by atoms with E-state index in [4.69, 9.17) is 9.84 Å². The van der Waals surface area contributed by atoms with Gasteiger partial charge in [-0.2, -0.15) is 0 Å². The van der Waals surface area contributed by atoms with Gasteiger partial charge >= 0.3 is 5.97 Å². The summed E-state index contributed by atoms with van der Waals surface area (Å²) in [6, 6.07) is 0. The summed E-state index contributed by atoms with van der Waals surface area (Å²) in [5.74, 6) is 0.251. The third kappa shape index (κ3) is 2.81. The van der Waals surface area contributed by atoms with Crippen LogP contribution in [0.25, 0.3) is 0 Å². The number of carbonyl (C=O) groups is 1. The largest absolute Gasteiger partial charge is 0.464 e. The van der Waals surface area contributed by atoms with Crippen LogP contribution in [-0.2, 0) is 9.53 Å². The zero-order valence-electron chi connectivity index (χ0n) is 7.45. The van der Waals surface area contributed by atoms with Gasteiger partial charge in [0.1, 0.15) is 6.10 Å². The fourth-order valence-electron chi connectivity index (χ4n) is 1.23. The van der Waals surface area contributed by atoms with E-state index < -0.39 is 12.1 Å². The average molecular weight is 172 g/mol. The van der Waals surface area contributed by atoms with Crippen LogP contribution in [0.3, 0.4) is 0 Å². The standard InChI is InChI=1S/C9H16O3/c1-7(10)9(11)12-6-5-8-3-2-4-8/h7-8,10H,2-6H2,1H3. The topological polar surface area (TPSA) is 46.5 Å². The molecule has 1 rings (SSSR count). The first-order valence-electron chi connectivity index (χ1n) is 4.55. The Morgan fingerprint density at radius 3 is 2.75 bits per heavy atom. The van der Waals surface area contributed by atoms with E-state index >= 15 is 0 Å². The summed E-state index contributed by atoms with van der Waals surface area (Å²) in [6.45, 7) is 1.89. The Morgan fingerprint density at radius 2 is 2.33 bits per heavy atom. The molecule has 0 aromatic rings. The van der Waals surface area contributed by atoms with Gasteiger partial charge in [0, 0.05) is 0 Å². The van der Waals surface area contributed by atoms with Gasteiger partial charge in [0.15, 0.2) is 0 Å². The molecule has 1 atom stereocenters. The van der Waals surface area contributed by atoms with Crippen LogP contribution in [0.1, 0.15) is 32.6 Å². The van der Waals surface area contributed by atoms with Gasteiger partial charge in [-0.1, -0.05) is 19.3 Å². The van der Waals surface area contributed by atoms with Crippen molar-refractivity contribution in [1.29, 1.82) is 0 Å². The minimum absolute atomic E-state index is 0.467. The number of hydrogen-bond acceptors (Lipinski definition) is 3. The van der Waals surface area contributed by atoms with Gasteiger partial charge in [-0.15, -0.1) is 0 Å². The van der Waals surface area contributed by atoms with Crippen LogP contribution in [0, 0.1) is 5.92 Å². The molecule has 0 bridgehead atoms. The van der Waals surface area contributed by atoms with Crippen molar-refractivity contribution in [3.63, 3.8) is 0 Å². The Labute approximate surface area is 72.7 Å². The van der Waals surface area contributed by atoms with Gasteiger partial charge < -0.3 is 9.84 Å². The Kier molecular flexibility index (Phi) is 3.53. The third-order valence-electron chi connectivity index (χ3n) is 2.34. The normalized spacial score (nSPS) is 19.8. The van der Waals surface area contributed by atoms with Crippen molar-refractivity contribution in [2.75, 3.05) is 6.61 Å². The smallest absolute Gasteiger partial charge is 0.334 e. The molecule has 0 heterocycles. The lowest BCUT2D eigenvalue weighted by Crippen LogP contribution is -2.21. The first-order valence-corrected chi connectivity index (χ1v) is 4.55. The maximum atomic E-state index is 10.8. The molecular formula is C9H16O3. The van der Waals surface area contributed by atoms with Gasteiger partial charge in [0.25, 0.3) is 0 Å². The molecule has 0 aliphatic heterocycles. The van der Waals surface area contributed by atoms with E-state index in [1.807, 2.05) is 0 Å². The molecule has 12 heavy (non-hydrogen) atoms. The highest BCUT2D eigenvalue weighted by Gasteiger charge is 2.18. The molecule has 0 aromatic heterocycles. The van der Waals surface area contributed by atoms with Crippen LogP contribution in [0.4, 0.5) is 0 Å². The van der Waals surface area contributed by atoms with Crippen molar-refractivity contribution in [3.8, 4) is 0 Å². The predicted molar refractivity (Wildman–Crippen MR) is 44.6 cm³/mol. The molecule has 0 radical (unpaired) electrons. The number of aliphatic hydroxyl groups excluding tert-OH is 1. The summed E-state index contributed by atoms with van der Waals surface area (Å²) in [7, 11) is 0. The molecule has 0 saturated heterocycles. The Morgan fingerprint density at radius 1 is 1.67 bits per heavy atom. The van der Waals surface area contributed by atoms with Crippen LogP contribution >= 0.6 is 0 Å². The minimum atomic E-state index is -0.980. The lowest BCUT2D eigenvalue weighted by Gasteiger charge is -2.24. The van der Waals surface area contributed by atoms with Crippen molar-refractivity contribution in [1.82, 2.24) is 0 Å². The van der Waals surface area contributed by atoms with E-state index in [1.54, 1.807) is 0 Å². The predicted octanol–water partition coefficient (Wildman–Crippen LogP) is 1.10. The van der Waals surface area contributed by atoms with Crippen LogP contribution in [0.2, 0.25) is 0 Å². The van der Waals surface area contributed by atoms with E-state index in [0.29, 0.717) is 6.61 Å². The molecule has 1 N–H and O–H groups in total. The number of carbonyl (C=O) groups excluding carboxylic acids is 1. The lowest BCUT2D eigenvalue weighted by atomic mass is 9.83. The molecule has 70 valence electrons. The SMILES string of the molecule is CC(O)C(=O)OCCC1CCC1. The van der Waals surface area contributed by atoms with Gasteiger partial charge in [0.2, 0.25) is 0 Å². The monoisotopic (exact) mass is 172 g/mol. The second-order valence-electron chi connectivity index (χ2n) is 3.43. The second-order valence-corrected chi connectivity index (χ2v) is 3.43. The van der Waals surface area contributed by atoms with Crippen LogP contribution in [-0.4, -0.2) is 23.8 Å². The van der Waals surface area contributed by atoms with E-state index in [1.165, 1.54) is 26.2 Å². The maximum absolute atomic E-state index is 10.8. The Balaban J connectivity index is 1.97. The summed E-state index contributed by atoms with van der Waals surface area (Å²) < 4.78 is 4.82. The summed E-state index contributed by atoms with van der Waals surface area (Å²) in [5.41, 5.74) is 0. The molecule has 0 spiro atoms. The molecule has 1 aliphatic rings. The molecule has 1 unspecified atom stereocenters. The zero-order valence-corrected chi connectivity index (χ0v) is 7.45. The third-order valence-corrected chi connectivity index (χ3v) is 2.34. The minimum Gasteiger partial charge on any atom is -0.464 e. The van der Waals surface area contributed by atoms with Gasteiger partial charge in [-0.3, -0.25) is 0 Å². The number of esters is 1. The highest BCUT2D eigenvalue weighted by Crippen LogP contribution is 2.29. The second kappa shape index (κ2) is 4.45. The molecule has 1 aliphatic carbocycles. The summed E-state index contributed by atoms with van der Waals surface area (Å²) >= 11 is 0. The summed E-state index contributed by atoms with van der Waals surface area (Å²) in [6.07, 6.45) is 3.83. The van der Waals surface area contributed by atoms with Crippen LogP contribution in [0.5, 0.6) is 0 Å². The van der Waals surface area contributed by atoms with Crippen molar-refractivity contribution >= 4 is 5.97 Å². The van der Waals surface area contributed by atoms with Crippen LogP contribution in [0.15, 0.2) is 0 Å². The fraction of sp³-hybridized carbons (Fsp3) is 0.889. The number of ether oxygens (including phenoxy) is 1. The quantitative estimate of drug-likeness (QED) is 0.646. The summed E-state index contributed by atoms with van der Waals surface area (Å²) in [4.78, 5) is 10.8. The summed E-state index contributed by atoms with van der Waals surface area (Å²) in [5, 5.41) is 8.78. The number of hydrogen-bond donors (Lipinski definition) is 1. The van der Waals surface area contributed by atoms with E-state index in [-0.39, 0.29) is 0 Å². The Bertz CT molecular complexity index is 150. The zero-order chi connectivity index (χ0) is 8.97. The van der Waals surface area contributed by atoms with Crippen molar-refractivity contribution in [2.24, 2.45) is 5.92 Å². The molecule has 1 fully saturated rings. The first-order chi connectivity index (χ1) is 5.70. The van der Waals surface area contributed by atoms with Crippen molar-refractivity contribution < 1.29 is 14.6 Å². The molecule has 1 saturated carbocycles. The molecular weight excluding hydrogens is 156 g/mol. The van der Waals surface area contributed by atoms with Crippen molar-refractivity contribution in [3.05, 3.63) is 0 Å². The highest BCUT2D eigenvalue weighted by molar-refractivity contribution is 5.73. The molecule has 3 heteroatoms. The molecule has 3 nitrogen and oxygen atoms in total. The fourth-order valence-corrected chi connectivity index (χ4v) is 1.23. The number of aliphatic hydroxyl groups is 1. The molecule has 0 amide bonds. The highest BCUT2D eigenvalue weighted by atomic mass is 16.5. The Hall–Kier alpha value is -0.570. The maximum Gasteiger partial charge on any atom is 0.334 e. The van der Waals surface area contributed by atoms with Gasteiger partial charge in [-0.25, -0.2) is 4.79 Å². The van der Waals surface area contributed by atoms with Crippen LogP contribution < -0.4 is 0 Å². The van der Waals surface area contributed by atoms with E-state index in [9.17, 15) is 4.79 Å². The molecule has 0 aromatic carbocycles.